The van der Waals surface area contributed by atoms with Gasteiger partial charge < -0.3 is 5.32 Å². The molecule has 1 aliphatic heterocycles. The van der Waals surface area contributed by atoms with Gasteiger partial charge in [-0.3, -0.25) is 0 Å². The Hall–Kier alpha value is -0.670. The molecule has 0 spiro atoms. The number of nitrogens with one attached hydrogen (secondary N) is 1. The van der Waals surface area contributed by atoms with Crippen LogP contribution in [0.3, 0.4) is 0 Å². The zero-order chi connectivity index (χ0) is 8.32. The highest BCUT2D eigenvalue weighted by atomic mass is 35.5. The van der Waals surface area contributed by atoms with Gasteiger partial charge in [-0.1, -0.05) is 11.6 Å². The van der Waals surface area contributed by atoms with Gasteiger partial charge in [0.2, 0.25) is 0 Å². The Labute approximate surface area is 70.9 Å². The maximum Gasteiger partial charge on any atom is 0.129 e. The molecule has 1 rings (SSSR count). The summed E-state index contributed by atoms with van der Waals surface area (Å²) < 4.78 is 0. The van der Waals surface area contributed by atoms with E-state index in [1.54, 1.807) is 6.21 Å². The molecule has 0 bridgehead atoms. The van der Waals surface area contributed by atoms with Gasteiger partial charge in [0.15, 0.2) is 0 Å². The molecule has 0 aliphatic carbocycles. The molecule has 1 unspecified atom stereocenters. The lowest BCUT2D eigenvalue weighted by Crippen LogP contribution is -2.39. The van der Waals surface area contributed by atoms with Crippen LogP contribution >= 0.6 is 11.6 Å². The third-order valence-corrected chi connectivity index (χ3v) is 1.75. The number of halogens is 1. The Morgan fingerprint density at radius 2 is 2.36 bits per heavy atom. The second kappa shape index (κ2) is 3.15. The predicted molar refractivity (Wildman–Crippen MR) is 48.4 cm³/mol. The molecule has 0 amide bonds. The second-order valence-electron chi connectivity index (χ2n) is 2.52. The van der Waals surface area contributed by atoms with Gasteiger partial charge in [-0.25, -0.2) is 9.98 Å². The predicted octanol–water partition coefficient (Wildman–Crippen LogP) is 1.16. The van der Waals surface area contributed by atoms with Crippen LogP contribution in [0.25, 0.3) is 0 Å². The van der Waals surface area contributed by atoms with Gasteiger partial charge in [-0.15, -0.1) is 0 Å². The molecule has 4 heteroatoms. The van der Waals surface area contributed by atoms with E-state index in [1.807, 2.05) is 20.0 Å². The third-order valence-electron chi connectivity index (χ3n) is 1.55. The summed E-state index contributed by atoms with van der Waals surface area (Å²) in [7, 11) is 1.85. The first-order valence-electron chi connectivity index (χ1n) is 3.30. The van der Waals surface area contributed by atoms with Crippen molar-refractivity contribution in [2.45, 2.75) is 12.5 Å². The van der Waals surface area contributed by atoms with Gasteiger partial charge in [0.25, 0.3) is 0 Å². The maximum absolute atomic E-state index is 5.73. The maximum atomic E-state index is 5.73. The second-order valence-corrected chi connectivity index (χ2v) is 2.91. The molecule has 3 nitrogen and oxygen atoms in total. The Bertz CT molecular complexity index is 232. The number of aliphatic imine (C=N–C) groups is 2. The summed E-state index contributed by atoms with van der Waals surface area (Å²) in [6.45, 7) is 1.97. The first-order chi connectivity index (χ1) is 5.16. The van der Waals surface area contributed by atoms with Crippen LogP contribution < -0.4 is 5.32 Å². The smallest absolute Gasteiger partial charge is 0.129 e. The molecule has 0 radical (unpaired) electrons. The molecule has 11 heavy (non-hydrogen) atoms. The standard InChI is InChI=1S/C7H10ClN3/c1-7(9-2)3-6(8)11-5-10-4-7/h3-5,9H,1-2H3. The molecule has 0 saturated heterocycles. The number of hydrogen-bond donors (Lipinski definition) is 1. The molecular formula is C7H10ClN3. The van der Waals surface area contributed by atoms with Crippen molar-refractivity contribution in [2.24, 2.45) is 9.98 Å². The normalized spacial score (nSPS) is 29.9. The SMILES string of the molecule is CNC1(C)C=NC=NC(Cl)=C1. The van der Waals surface area contributed by atoms with Crippen LogP contribution in [-0.4, -0.2) is 25.1 Å². The minimum Gasteiger partial charge on any atom is -0.307 e. The molecule has 1 atom stereocenters. The fourth-order valence-electron chi connectivity index (χ4n) is 0.735. The third kappa shape index (κ3) is 2.13. The van der Waals surface area contributed by atoms with E-state index >= 15 is 0 Å². The van der Waals surface area contributed by atoms with E-state index < -0.39 is 0 Å². The fraction of sp³-hybridized carbons (Fsp3) is 0.429. The molecule has 60 valence electrons. The monoisotopic (exact) mass is 171 g/mol. The Kier molecular flexibility index (Phi) is 2.42. The quantitative estimate of drug-likeness (QED) is 0.591. The molecular weight excluding hydrogens is 162 g/mol. The van der Waals surface area contributed by atoms with Crippen molar-refractivity contribution in [3.63, 3.8) is 0 Å². The molecule has 1 heterocycles. The van der Waals surface area contributed by atoms with Gasteiger partial charge in [-0.05, 0) is 20.0 Å². The van der Waals surface area contributed by atoms with E-state index in [0.717, 1.165) is 0 Å². The topological polar surface area (TPSA) is 36.8 Å². The van der Waals surface area contributed by atoms with Crippen molar-refractivity contribution in [3.05, 3.63) is 11.2 Å². The van der Waals surface area contributed by atoms with E-state index in [0.29, 0.717) is 5.16 Å². The van der Waals surface area contributed by atoms with Crippen molar-refractivity contribution in [1.29, 1.82) is 0 Å². The molecule has 1 aliphatic rings. The Morgan fingerprint density at radius 1 is 1.64 bits per heavy atom. The number of likely N-dealkylation sites (N-methyl/N-ethyl adjacent to an activating group) is 1. The Balaban J connectivity index is 2.92. The first kappa shape index (κ1) is 8.43. The van der Waals surface area contributed by atoms with Gasteiger partial charge in [-0.2, -0.15) is 0 Å². The lowest BCUT2D eigenvalue weighted by molar-refractivity contribution is 0.636. The van der Waals surface area contributed by atoms with E-state index in [2.05, 4.69) is 15.3 Å². The fourth-order valence-corrected chi connectivity index (χ4v) is 1.01. The van der Waals surface area contributed by atoms with Crippen molar-refractivity contribution in [2.75, 3.05) is 7.05 Å². The minimum absolute atomic E-state index is 0.284. The van der Waals surface area contributed by atoms with E-state index in [1.165, 1.54) is 6.34 Å². The zero-order valence-electron chi connectivity index (χ0n) is 6.50. The lowest BCUT2D eigenvalue weighted by Gasteiger charge is -2.18. The number of hydrogen-bond acceptors (Lipinski definition) is 3. The summed E-state index contributed by atoms with van der Waals surface area (Å²) in [6.07, 6.45) is 4.99. The van der Waals surface area contributed by atoms with Gasteiger partial charge in [0.1, 0.15) is 11.5 Å². The highest BCUT2D eigenvalue weighted by Crippen LogP contribution is 2.12. The van der Waals surface area contributed by atoms with Crippen LogP contribution in [-0.2, 0) is 0 Å². The summed E-state index contributed by atoms with van der Waals surface area (Å²) in [4.78, 5) is 7.76. The molecule has 1 N–H and O–H groups in total. The van der Waals surface area contributed by atoms with Crippen LogP contribution in [0.1, 0.15) is 6.92 Å². The van der Waals surface area contributed by atoms with E-state index in [-0.39, 0.29) is 5.54 Å². The lowest BCUT2D eigenvalue weighted by atomic mass is 10.1. The first-order valence-corrected chi connectivity index (χ1v) is 3.68. The molecule has 0 fully saturated rings. The largest absolute Gasteiger partial charge is 0.307 e. The van der Waals surface area contributed by atoms with E-state index in [4.69, 9.17) is 11.6 Å². The van der Waals surface area contributed by atoms with Gasteiger partial charge >= 0.3 is 0 Å². The molecule has 0 saturated carbocycles. The highest BCUT2D eigenvalue weighted by molar-refractivity contribution is 6.30. The number of rotatable bonds is 1. The molecule has 0 aromatic rings. The summed E-state index contributed by atoms with van der Waals surface area (Å²) >= 11 is 5.73. The molecule has 0 aromatic heterocycles. The van der Waals surface area contributed by atoms with Crippen LogP contribution in [0.5, 0.6) is 0 Å². The summed E-state index contributed by atoms with van der Waals surface area (Å²) in [6, 6.07) is 0. The molecule has 0 aromatic carbocycles. The number of nitrogens with zero attached hydrogens (tertiary/aromatic N) is 2. The van der Waals surface area contributed by atoms with Crippen molar-refractivity contribution < 1.29 is 0 Å². The van der Waals surface area contributed by atoms with Crippen molar-refractivity contribution in [3.8, 4) is 0 Å². The average molecular weight is 172 g/mol. The summed E-state index contributed by atoms with van der Waals surface area (Å²) in [5.74, 6) is 0. The van der Waals surface area contributed by atoms with Gasteiger partial charge in [0.05, 0.1) is 5.54 Å². The van der Waals surface area contributed by atoms with E-state index in [9.17, 15) is 0 Å². The van der Waals surface area contributed by atoms with Crippen LogP contribution in [0.15, 0.2) is 21.2 Å². The highest BCUT2D eigenvalue weighted by Gasteiger charge is 2.17. The van der Waals surface area contributed by atoms with Crippen molar-refractivity contribution in [1.82, 2.24) is 5.32 Å². The van der Waals surface area contributed by atoms with Crippen LogP contribution in [0, 0.1) is 0 Å². The summed E-state index contributed by atoms with van der Waals surface area (Å²) in [5, 5.41) is 3.52. The minimum atomic E-state index is -0.284. The van der Waals surface area contributed by atoms with Crippen LogP contribution in [0.4, 0.5) is 0 Å². The summed E-state index contributed by atoms with van der Waals surface area (Å²) in [5.41, 5.74) is -0.284. The van der Waals surface area contributed by atoms with Gasteiger partial charge in [0, 0.05) is 6.21 Å². The van der Waals surface area contributed by atoms with Crippen LogP contribution in [0.2, 0.25) is 0 Å². The van der Waals surface area contributed by atoms with Crippen molar-refractivity contribution >= 4 is 24.2 Å². The zero-order valence-corrected chi connectivity index (χ0v) is 7.26. The Morgan fingerprint density at radius 3 is 3.00 bits per heavy atom. The average Bonchev–Trinajstić information content (AvgIpc) is 2.13.